The van der Waals surface area contributed by atoms with Crippen molar-refractivity contribution in [2.75, 3.05) is 51.2 Å². The molecule has 0 unspecified atom stereocenters. The van der Waals surface area contributed by atoms with Crippen LogP contribution >= 0.6 is 0 Å². The Morgan fingerprint density at radius 1 is 0.900 bits per heavy atom. The van der Waals surface area contributed by atoms with E-state index in [-0.39, 0.29) is 5.91 Å². The number of rotatable bonds is 2. The average Bonchev–Trinajstić information content (AvgIpc) is 3.02. The minimum absolute atomic E-state index is 0.172. The van der Waals surface area contributed by atoms with Crippen molar-refractivity contribution < 1.29 is 4.79 Å². The van der Waals surface area contributed by atoms with Crippen molar-refractivity contribution in [3.63, 3.8) is 0 Å². The van der Waals surface area contributed by atoms with Crippen LogP contribution in [0.1, 0.15) is 23.2 Å². The number of hydrogen-bond donors (Lipinski definition) is 0. The van der Waals surface area contributed by atoms with E-state index in [4.69, 9.17) is 0 Å². The monoisotopic (exact) mass is 273 g/mol. The number of carbonyl (C=O) groups excluding carboxylic acids is 1. The highest BCUT2D eigenvalue weighted by atomic mass is 16.2. The summed E-state index contributed by atoms with van der Waals surface area (Å²) in [6.45, 7) is 5.90. The maximum atomic E-state index is 12.4. The highest BCUT2D eigenvalue weighted by molar-refractivity contribution is 5.94. The Balaban J connectivity index is 1.66. The molecule has 20 heavy (non-hydrogen) atoms. The van der Waals surface area contributed by atoms with Gasteiger partial charge in [-0.25, -0.2) is 0 Å². The summed E-state index contributed by atoms with van der Waals surface area (Å²) >= 11 is 0. The maximum Gasteiger partial charge on any atom is 0.253 e. The van der Waals surface area contributed by atoms with E-state index in [0.29, 0.717) is 0 Å². The smallest absolute Gasteiger partial charge is 0.253 e. The second-order valence-corrected chi connectivity index (χ2v) is 5.84. The first kappa shape index (κ1) is 13.4. The highest BCUT2D eigenvalue weighted by Crippen LogP contribution is 2.21. The maximum absolute atomic E-state index is 12.4. The summed E-state index contributed by atoms with van der Waals surface area (Å²) < 4.78 is 0. The summed E-state index contributed by atoms with van der Waals surface area (Å²) in [6, 6.07) is 8.14. The van der Waals surface area contributed by atoms with E-state index >= 15 is 0 Å². The molecule has 0 aromatic heterocycles. The zero-order chi connectivity index (χ0) is 13.9. The van der Waals surface area contributed by atoms with Crippen LogP contribution in [0.25, 0.3) is 0 Å². The topological polar surface area (TPSA) is 26.8 Å². The minimum atomic E-state index is 0.172. The van der Waals surface area contributed by atoms with Gasteiger partial charge in [0.05, 0.1) is 0 Å². The van der Waals surface area contributed by atoms with Crippen LogP contribution in [0.3, 0.4) is 0 Å². The zero-order valence-electron chi connectivity index (χ0n) is 12.2. The fraction of sp³-hybridized carbons (Fsp3) is 0.562. The summed E-state index contributed by atoms with van der Waals surface area (Å²) in [4.78, 5) is 19.1. The molecule has 2 heterocycles. The van der Waals surface area contributed by atoms with Gasteiger partial charge in [0.15, 0.2) is 0 Å². The number of anilines is 1. The average molecular weight is 273 g/mol. The molecule has 0 spiro atoms. The lowest BCUT2D eigenvalue weighted by atomic mass is 10.1. The van der Waals surface area contributed by atoms with Crippen LogP contribution < -0.4 is 4.90 Å². The molecule has 3 rings (SSSR count). The van der Waals surface area contributed by atoms with Gasteiger partial charge in [-0.3, -0.25) is 4.79 Å². The van der Waals surface area contributed by atoms with Crippen LogP contribution in [0.5, 0.6) is 0 Å². The van der Waals surface area contributed by atoms with E-state index < -0.39 is 0 Å². The number of amides is 1. The Hall–Kier alpha value is -1.55. The lowest BCUT2D eigenvalue weighted by molar-refractivity contribution is 0.0664. The van der Waals surface area contributed by atoms with Gasteiger partial charge in [0.2, 0.25) is 0 Å². The van der Waals surface area contributed by atoms with Crippen molar-refractivity contribution in [1.82, 2.24) is 9.80 Å². The quantitative estimate of drug-likeness (QED) is 0.820. The molecule has 2 aliphatic rings. The Labute approximate surface area is 121 Å². The number of likely N-dealkylation sites (N-methyl/N-ethyl adjacent to an activating group) is 1. The number of piperazine rings is 1. The van der Waals surface area contributed by atoms with Crippen LogP contribution in [-0.4, -0.2) is 62.0 Å². The molecule has 0 aliphatic carbocycles. The van der Waals surface area contributed by atoms with E-state index in [1.165, 1.54) is 18.5 Å². The normalized spacial score (nSPS) is 20.4. The van der Waals surface area contributed by atoms with Crippen LogP contribution in [0, 0.1) is 0 Å². The van der Waals surface area contributed by atoms with E-state index in [0.717, 1.165) is 44.8 Å². The van der Waals surface area contributed by atoms with Crippen LogP contribution in [0.4, 0.5) is 5.69 Å². The SMILES string of the molecule is CN1CCN(C(=O)c2ccc(N3CCCC3)cc2)CC1. The van der Waals surface area contributed by atoms with Gasteiger partial charge in [-0.2, -0.15) is 0 Å². The molecule has 1 aromatic carbocycles. The molecule has 108 valence electrons. The number of benzene rings is 1. The van der Waals surface area contributed by atoms with Gasteiger partial charge in [0, 0.05) is 50.5 Å². The fourth-order valence-electron chi connectivity index (χ4n) is 2.98. The van der Waals surface area contributed by atoms with Crippen molar-refractivity contribution in [1.29, 1.82) is 0 Å². The van der Waals surface area contributed by atoms with Gasteiger partial charge < -0.3 is 14.7 Å². The summed E-state index contributed by atoms with van der Waals surface area (Å²) in [5.74, 6) is 0.172. The van der Waals surface area contributed by atoms with E-state index in [9.17, 15) is 4.79 Å². The Kier molecular flexibility index (Phi) is 3.92. The third kappa shape index (κ3) is 2.80. The molecular weight excluding hydrogens is 250 g/mol. The first-order chi connectivity index (χ1) is 9.74. The lowest BCUT2D eigenvalue weighted by Crippen LogP contribution is -2.47. The molecule has 4 heteroatoms. The largest absolute Gasteiger partial charge is 0.372 e. The van der Waals surface area contributed by atoms with Crippen LogP contribution in [-0.2, 0) is 0 Å². The summed E-state index contributed by atoms with van der Waals surface area (Å²) in [7, 11) is 2.10. The van der Waals surface area contributed by atoms with Crippen molar-refractivity contribution in [2.45, 2.75) is 12.8 Å². The van der Waals surface area contributed by atoms with E-state index in [1.54, 1.807) is 0 Å². The predicted molar refractivity (Wildman–Crippen MR) is 81.3 cm³/mol. The van der Waals surface area contributed by atoms with E-state index in [1.807, 2.05) is 17.0 Å². The second-order valence-electron chi connectivity index (χ2n) is 5.84. The van der Waals surface area contributed by atoms with Crippen molar-refractivity contribution in [2.24, 2.45) is 0 Å². The van der Waals surface area contributed by atoms with E-state index in [2.05, 4.69) is 29.0 Å². The second kappa shape index (κ2) is 5.83. The molecule has 0 N–H and O–H groups in total. The fourth-order valence-corrected chi connectivity index (χ4v) is 2.98. The molecule has 1 amide bonds. The molecule has 2 saturated heterocycles. The van der Waals surface area contributed by atoms with Crippen LogP contribution in [0.2, 0.25) is 0 Å². The Morgan fingerprint density at radius 2 is 1.50 bits per heavy atom. The van der Waals surface area contributed by atoms with Gasteiger partial charge in [0.25, 0.3) is 5.91 Å². The number of hydrogen-bond acceptors (Lipinski definition) is 3. The molecule has 1 aromatic rings. The Bertz CT molecular complexity index is 457. The highest BCUT2D eigenvalue weighted by Gasteiger charge is 2.20. The van der Waals surface area contributed by atoms with Gasteiger partial charge in [-0.15, -0.1) is 0 Å². The molecule has 0 saturated carbocycles. The molecule has 0 radical (unpaired) electrons. The predicted octanol–water partition coefficient (Wildman–Crippen LogP) is 1.67. The number of nitrogens with zero attached hydrogens (tertiary/aromatic N) is 3. The number of carbonyl (C=O) groups is 1. The van der Waals surface area contributed by atoms with Crippen molar-refractivity contribution in [3.8, 4) is 0 Å². The minimum Gasteiger partial charge on any atom is -0.372 e. The van der Waals surface area contributed by atoms with Gasteiger partial charge in [-0.05, 0) is 44.2 Å². The molecule has 0 bridgehead atoms. The van der Waals surface area contributed by atoms with Crippen molar-refractivity contribution >= 4 is 11.6 Å². The van der Waals surface area contributed by atoms with Gasteiger partial charge in [-0.1, -0.05) is 0 Å². The zero-order valence-corrected chi connectivity index (χ0v) is 12.2. The summed E-state index contributed by atoms with van der Waals surface area (Å²) in [5.41, 5.74) is 2.06. The molecule has 4 nitrogen and oxygen atoms in total. The summed E-state index contributed by atoms with van der Waals surface area (Å²) in [6.07, 6.45) is 2.56. The van der Waals surface area contributed by atoms with Crippen molar-refractivity contribution in [3.05, 3.63) is 29.8 Å². The molecule has 2 aliphatic heterocycles. The third-order valence-electron chi connectivity index (χ3n) is 4.38. The van der Waals surface area contributed by atoms with Gasteiger partial charge >= 0.3 is 0 Å². The van der Waals surface area contributed by atoms with Gasteiger partial charge in [0.1, 0.15) is 0 Å². The molecular formula is C16H23N3O. The molecule has 2 fully saturated rings. The first-order valence-corrected chi connectivity index (χ1v) is 7.57. The lowest BCUT2D eigenvalue weighted by Gasteiger charge is -2.32. The summed E-state index contributed by atoms with van der Waals surface area (Å²) in [5, 5.41) is 0. The standard InChI is InChI=1S/C16H23N3O/c1-17-10-12-19(13-11-17)16(20)14-4-6-15(7-5-14)18-8-2-3-9-18/h4-7H,2-3,8-13H2,1H3. The first-order valence-electron chi connectivity index (χ1n) is 7.57. The Morgan fingerprint density at radius 3 is 2.10 bits per heavy atom. The molecule has 0 atom stereocenters. The third-order valence-corrected chi connectivity index (χ3v) is 4.38. The van der Waals surface area contributed by atoms with Crippen LogP contribution in [0.15, 0.2) is 24.3 Å².